The predicted octanol–water partition coefficient (Wildman–Crippen LogP) is 3.21. The molecule has 1 fully saturated rings. The van der Waals surface area contributed by atoms with Crippen molar-refractivity contribution in [2.45, 2.75) is 11.8 Å². The highest BCUT2D eigenvalue weighted by molar-refractivity contribution is 7.85. The number of hydrogen-bond acceptors (Lipinski definition) is 4. The van der Waals surface area contributed by atoms with Gasteiger partial charge in [0.1, 0.15) is 5.15 Å². The first-order valence-electron chi connectivity index (χ1n) is 7.93. The molecule has 2 aliphatic rings. The fourth-order valence-electron chi connectivity index (χ4n) is 3.02. The molecule has 7 heteroatoms. The van der Waals surface area contributed by atoms with Gasteiger partial charge in [-0.25, -0.2) is 4.98 Å². The van der Waals surface area contributed by atoms with E-state index < -0.39 is 10.1 Å². The average Bonchev–Trinajstić information content (AvgIpc) is 2.90. The maximum atomic E-state index is 10.5. The predicted molar refractivity (Wildman–Crippen MR) is 98.1 cm³/mol. The zero-order valence-electron chi connectivity index (χ0n) is 13.7. The maximum absolute atomic E-state index is 10.5. The van der Waals surface area contributed by atoms with Crippen molar-refractivity contribution in [3.05, 3.63) is 65.0 Å². The number of aromatic nitrogens is 1. The van der Waals surface area contributed by atoms with Gasteiger partial charge in [-0.05, 0) is 42.2 Å². The van der Waals surface area contributed by atoms with Crippen LogP contribution in [0.25, 0.3) is 5.57 Å². The van der Waals surface area contributed by atoms with Crippen molar-refractivity contribution in [2.75, 3.05) is 13.1 Å². The molecule has 1 aliphatic carbocycles. The lowest BCUT2D eigenvalue weighted by molar-refractivity contribution is 0.483. The summed E-state index contributed by atoms with van der Waals surface area (Å²) in [6.45, 7) is 4.09. The Morgan fingerprint density at radius 3 is 2.44 bits per heavy atom. The number of nitrogens with zero attached hydrogens (tertiary/aromatic N) is 1. The Bertz CT molecular complexity index is 878. The Kier molecular flexibility index (Phi) is 5.24. The molecular formula is C18H19ClN2O3S. The number of hydrogen-bond donors (Lipinski definition) is 2. The summed E-state index contributed by atoms with van der Waals surface area (Å²) in [4.78, 5) is 4.03. The Labute approximate surface area is 152 Å². The van der Waals surface area contributed by atoms with E-state index in [0.29, 0.717) is 11.1 Å². The van der Waals surface area contributed by atoms with Gasteiger partial charge in [0, 0.05) is 25.2 Å². The van der Waals surface area contributed by atoms with Crippen molar-refractivity contribution in [3.63, 3.8) is 0 Å². The molecule has 0 radical (unpaired) electrons. The summed E-state index contributed by atoms with van der Waals surface area (Å²) in [5.41, 5.74) is 3.61. The summed E-state index contributed by atoms with van der Waals surface area (Å²) in [5.74, 6) is 1.46. The summed E-state index contributed by atoms with van der Waals surface area (Å²) in [5, 5.41) is 3.96. The Hall–Kier alpha value is -1.73. The van der Waals surface area contributed by atoms with Gasteiger partial charge in [0.2, 0.25) is 0 Å². The fraction of sp³-hybridized carbons (Fsp3) is 0.278. The van der Waals surface area contributed by atoms with Gasteiger partial charge in [0.15, 0.2) is 0 Å². The van der Waals surface area contributed by atoms with Crippen LogP contribution >= 0.6 is 11.6 Å². The van der Waals surface area contributed by atoms with Gasteiger partial charge >= 0.3 is 0 Å². The lowest BCUT2D eigenvalue weighted by atomic mass is 9.74. The van der Waals surface area contributed by atoms with E-state index >= 15 is 0 Å². The Morgan fingerprint density at radius 1 is 1.16 bits per heavy atom. The van der Waals surface area contributed by atoms with Crippen LogP contribution in [0.1, 0.15) is 11.1 Å². The molecule has 25 heavy (non-hydrogen) atoms. The monoisotopic (exact) mass is 378 g/mol. The Balaban J connectivity index is 0.000000151. The van der Waals surface area contributed by atoms with Crippen LogP contribution < -0.4 is 5.32 Å². The van der Waals surface area contributed by atoms with Crippen LogP contribution in [-0.4, -0.2) is 31.0 Å². The molecule has 1 aromatic heterocycles. The van der Waals surface area contributed by atoms with Crippen molar-refractivity contribution in [1.82, 2.24) is 10.3 Å². The van der Waals surface area contributed by atoms with E-state index in [1.807, 2.05) is 19.2 Å². The van der Waals surface area contributed by atoms with Crippen LogP contribution in [0.2, 0.25) is 5.15 Å². The molecule has 4 rings (SSSR count). The van der Waals surface area contributed by atoms with Gasteiger partial charge in [0.05, 0.1) is 4.90 Å². The first kappa shape index (κ1) is 18.1. The van der Waals surface area contributed by atoms with Crippen molar-refractivity contribution < 1.29 is 13.0 Å². The second kappa shape index (κ2) is 7.25. The largest absolute Gasteiger partial charge is 0.315 e. The molecule has 0 saturated carbocycles. The van der Waals surface area contributed by atoms with Gasteiger partial charge in [-0.1, -0.05) is 41.4 Å². The van der Waals surface area contributed by atoms with E-state index in [4.69, 9.17) is 16.2 Å². The van der Waals surface area contributed by atoms with Gasteiger partial charge in [0.25, 0.3) is 10.1 Å². The molecule has 2 unspecified atom stereocenters. The van der Waals surface area contributed by atoms with E-state index in [0.717, 1.165) is 24.6 Å². The van der Waals surface area contributed by atoms with Crippen molar-refractivity contribution >= 4 is 27.3 Å². The number of rotatable bonds is 2. The lowest BCUT2D eigenvalue weighted by Crippen LogP contribution is -2.21. The minimum atomic E-state index is -4.02. The molecular weight excluding hydrogens is 360 g/mol. The topological polar surface area (TPSA) is 79.3 Å². The van der Waals surface area contributed by atoms with E-state index in [-0.39, 0.29) is 4.90 Å². The summed E-state index contributed by atoms with van der Waals surface area (Å²) >= 11 is 5.75. The lowest BCUT2D eigenvalue weighted by Gasteiger charge is -2.29. The molecule has 2 aromatic rings. The molecule has 2 atom stereocenters. The number of aryl methyl sites for hydroxylation is 1. The smallest absolute Gasteiger partial charge is 0.294 e. The van der Waals surface area contributed by atoms with E-state index in [2.05, 4.69) is 22.4 Å². The number of nitrogens with one attached hydrogen (secondary N) is 1. The van der Waals surface area contributed by atoms with E-state index in [9.17, 15) is 8.42 Å². The van der Waals surface area contributed by atoms with E-state index in [1.54, 1.807) is 12.1 Å². The van der Waals surface area contributed by atoms with Crippen LogP contribution in [0.15, 0.2) is 53.6 Å². The number of halogens is 1. The quantitative estimate of drug-likeness (QED) is 0.619. The number of fused-ring (bicyclic) bond motifs is 1. The minimum absolute atomic E-state index is 0.0666. The third-order valence-electron chi connectivity index (χ3n) is 4.43. The molecule has 132 valence electrons. The molecule has 0 bridgehead atoms. The first-order valence-corrected chi connectivity index (χ1v) is 9.75. The highest BCUT2D eigenvalue weighted by Crippen LogP contribution is 2.42. The van der Waals surface area contributed by atoms with Crippen molar-refractivity contribution in [1.29, 1.82) is 0 Å². The SMILES string of the molecule is Cc1ccc(S(=O)(=O)O)cc1.Clc1ccc(C2=CC3CNCC23)cn1. The summed E-state index contributed by atoms with van der Waals surface area (Å²) < 4.78 is 29.6. The molecule has 5 nitrogen and oxygen atoms in total. The minimum Gasteiger partial charge on any atom is -0.315 e. The second-order valence-corrected chi connectivity index (χ2v) is 8.02. The van der Waals surface area contributed by atoms with E-state index in [1.165, 1.54) is 23.3 Å². The molecule has 1 saturated heterocycles. The third kappa shape index (κ3) is 4.27. The standard InChI is InChI=1S/C11H11ClN2.C7H8O3S/c12-11-2-1-7(5-14-11)9-3-8-4-13-6-10(8)9;1-6-2-4-7(5-3-6)11(8,9)10/h1-3,5,8,10,13H,4,6H2;2-5H,1H3,(H,8,9,10). The third-order valence-corrected chi connectivity index (χ3v) is 5.53. The van der Waals surface area contributed by atoms with Crippen molar-refractivity contribution in [3.8, 4) is 0 Å². The van der Waals surface area contributed by atoms with Crippen LogP contribution in [0.4, 0.5) is 0 Å². The van der Waals surface area contributed by atoms with Crippen LogP contribution in [0, 0.1) is 18.8 Å². The zero-order chi connectivity index (χ0) is 18.0. The van der Waals surface area contributed by atoms with Crippen LogP contribution in [0.5, 0.6) is 0 Å². The molecule has 0 spiro atoms. The summed E-state index contributed by atoms with van der Waals surface area (Å²) in [7, 11) is -4.02. The molecule has 1 aliphatic heterocycles. The number of benzene rings is 1. The molecule has 1 aromatic carbocycles. The van der Waals surface area contributed by atoms with Gasteiger partial charge in [-0.3, -0.25) is 4.55 Å². The maximum Gasteiger partial charge on any atom is 0.294 e. The van der Waals surface area contributed by atoms with Gasteiger partial charge in [-0.2, -0.15) is 8.42 Å². The molecule has 2 heterocycles. The normalized spacial score (nSPS) is 21.5. The average molecular weight is 379 g/mol. The Morgan fingerprint density at radius 2 is 1.88 bits per heavy atom. The number of pyridine rings is 1. The zero-order valence-corrected chi connectivity index (χ0v) is 15.3. The second-order valence-electron chi connectivity index (χ2n) is 6.21. The molecule has 2 N–H and O–H groups in total. The highest BCUT2D eigenvalue weighted by Gasteiger charge is 2.36. The van der Waals surface area contributed by atoms with Gasteiger partial charge in [-0.15, -0.1) is 0 Å². The summed E-state index contributed by atoms with van der Waals surface area (Å²) in [6.07, 6.45) is 4.21. The van der Waals surface area contributed by atoms with Crippen molar-refractivity contribution in [2.24, 2.45) is 11.8 Å². The first-order chi connectivity index (χ1) is 11.8. The highest BCUT2D eigenvalue weighted by atomic mass is 35.5. The summed E-state index contributed by atoms with van der Waals surface area (Å²) in [6, 6.07) is 9.89. The van der Waals surface area contributed by atoms with Crippen LogP contribution in [-0.2, 0) is 10.1 Å². The molecule has 0 amide bonds. The fourth-order valence-corrected chi connectivity index (χ4v) is 3.61. The van der Waals surface area contributed by atoms with Gasteiger partial charge < -0.3 is 5.32 Å². The van der Waals surface area contributed by atoms with Crippen LogP contribution in [0.3, 0.4) is 0 Å².